The van der Waals surface area contributed by atoms with E-state index in [1.807, 2.05) is 24.3 Å². The molecule has 0 aromatic heterocycles. The van der Waals surface area contributed by atoms with Crippen LogP contribution in [0.4, 0.5) is 17.1 Å². The number of nitro groups is 1. The van der Waals surface area contributed by atoms with Gasteiger partial charge in [0.15, 0.2) is 0 Å². The Labute approximate surface area is 146 Å². The maximum absolute atomic E-state index is 11.7. The molecule has 0 amide bonds. The summed E-state index contributed by atoms with van der Waals surface area (Å²) in [5, 5.41) is 17.5. The third-order valence-electron chi connectivity index (χ3n) is 3.48. The van der Waals surface area contributed by atoms with Crippen LogP contribution in [0.3, 0.4) is 0 Å². The number of nitro benzene ring substituents is 1. The molecule has 0 fully saturated rings. The first-order valence-corrected chi connectivity index (χ1v) is 7.87. The van der Waals surface area contributed by atoms with Gasteiger partial charge in [-0.1, -0.05) is 12.1 Å². The van der Waals surface area contributed by atoms with Gasteiger partial charge in [0, 0.05) is 30.0 Å². The Hall–Kier alpha value is -3.09. The van der Waals surface area contributed by atoms with E-state index in [4.69, 9.17) is 0 Å². The number of benzene rings is 2. The molecule has 2 N–H and O–H groups in total. The number of esters is 1. The van der Waals surface area contributed by atoms with Crippen LogP contribution < -0.4 is 10.6 Å². The first-order chi connectivity index (χ1) is 11.9. The fraction of sp³-hybridized carbons (Fsp3) is 0.278. The van der Waals surface area contributed by atoms with Crippen LogP contribution in [0.2, 0.25) is 0 Å². The average Bonchev–Trinajstić information content (AvgIpc) is 2.58. The lowest BCUT2D eigenvalue weighted by Gasteiger charge is -2.12. The zero-order valence-corrected chi connectivity index (χ0v) is 14.4. The summed E-state index contributed by atoms with van der Waals surface area (Å²) in [5.41, 5.74) is 2.32. The van der Waals surface area contributed by atoms with E-state index < -0.39 is 10.9 Å². The fourth-order valence-electron chi connectivity index (χ4n) is 2.39. The first kappa shape index (κ1) is 18.3. The number of hydrogen-bond donors (Lipinski definition) is 2. The summed E-state index contributed by atoms with van der Waals surface area (Å²) in [4.78, 5) is 22.2. The molecule has 25 heavy (non-hydrogen) atoms. The number of carbonyl (C=O) groups is 1. The fourth-order valence-corrected chi connectivity index (χ4v) is 2.39. The van der Waals surface area contributed by atoms with Crippen LogP contribution in [0.5, 0.6) is 0 Å². The topological polar surface area (TPSA) is 93.5 Å². The average molecular weight is 343 g/mol. The summed E-state index contributed by atoms with van der Waals surface area (Å²) in [6.45, 7) is 4.65. The molecule has 2 aromatic rings. The number of ether oxygens (including phenoxy) is 1. The molecule has 0 heterocycles. The molecule has 0 spiro atoms. The Morgan fingerprint density at radius 3 is 2.60 bits per heavy atom. The highest BCUT2D eigenvalue weighted by Crippen LogP contribution is 2.24. The van der Waals surface area contributed by atoms with E-state index in [9.17, 15) is 14.9 Å². The van der Waals surface area contributed by atoms with Gasteiger partial charge in [0.2, 0.25) is 0 Å². The van der Waals surface area contributed by atoms with Gasteiger partial charge in [-0.15, -0.1) is 0 Å². The Morgan fingerprint density at radius 1 is 1.20 bits per heavy atom. The lowest BCUT2D eigenvalue weighted by molar-refractivity contribution is -0.385. The lowest BCUT2D eigenvalue weighted by atomic mass is 10.1. The highest BCUT2D eigenvalue weighted by Gasteiger charge is 2.21. The second-order valence-electron chi connectivity index (χ2n) is 5.83. The maximum atomic E-state index is 11.7. The van der Waals surface area contributed by atoms with Gasteiger partial charge < -0.3 is 15.4 Å². The monoisotopic (exact) mass is 343 g/mol. The van der Waals surface area contributed by atoms with Crippen molar-refractivity contribution >= 4 is 23.0 Å². The summed E-state index contributed by atoms with van der Waals surface area (Å²) >= 11 is 0. The van der Waals surface area contributed by atoms with E-state index in [0.717, 1.165) is 11.3 Å². The Bertz CT molecular complexity index is 775. The molecule has 2 aromatic carbocycles. The summed E-state index contributed by atoms with van der Waals surface area (Å²) < 4.78 is 4.62. The van der Waals surface area contributed by atoms with Crippen LogP contribution in [0, 0.1) is 10.1 Å². The van der Waals surface area contributed by atoms with Crippen LogP contribution in [0.1, 0.15) is 29.8 Å². The Kier molecular flexibility index (Phi) is 5.94. The molecule has 132 valence electrons. The summed E-state index contributed by atoms with van der Waals surface area (Å²) in [6.07, 6.45) is 0. The molecule has 2 rings (SSSR count). The first-order valence-electron chi connectivity index (χ1n) is 7.87. The molecule has 0 aliphatic rings. The highest BCUT2D eigenvalue weighted by atomic mass is 16.6. The second kappa shape index (κ2) is 8.14. The van der Waals surface area contributed by atoms with E-state index >= 15 is 0 Å². The number of nitrogens with zero attached hydrogens (tertiary/aromatic N) is 1. The van der Waals surface area contributed by atoms with E-state index in [2.05, 4.69) is 29.2 Å². The smallest absolute Gasteiger partial charge is 0.344 e. The van der Waals surface area contributed by atoms with Gasteiger partial charge in [0.25, 0.3) is 5.69 Å². The SMILES string of the molecule is COC(=O)c1cc(NCc2cccc(NC(C)C)c2)ccc1[N+](=O)[O-]. The highest BCUT2D eigenvalue weighted by molar-refractivity contribution is 5.95. The van der Waals surface area contributed by atoms with E-state index in [1.165, 1.54) is 19.2 Å². The number of hydrogen-bond acceptors (Lipinski definition) is 6. The number of carbonyl (C=O) groups excluding carboxylic acids is 1. The third-order valence-corrected chi connectivity index (χ3v) is 3.48. The minimum Gasteiger partial charge on any atom is -0.465 e. The van der Waals surface area contributed by atoms with Gasteiger partial charge in [0.1, 0.15) is 5.56 Å². The number of rotatable bonds is 7. The van der Waals surface area contributed by atoms with E-state index in [-0.39, 0.29) is 11.3 Å². The molecule has 0 saturated heterocycles. The van der Waals surface area contributed by atoms with Crippen molar-refractivity contribution in [1.82, 2.24) is 0 Å². The standard InChI is InChI=1S/C18H21N3O4/c1-12(2)20-15-6-4-5-13(9-15)11-19-14-7-8-17(21(23)24)16(10-14)18(22)25-3/h4-10,12,19-20H,11H2,1-3H3. The zero-order chi connectivity index (χ0) is 18.4. The molecular weight excluding hydrogens is 322 g/mol. The van der Waals surface area contributed by atoms with Gasteiger partial charge in [-0.05, 0) is 43.7 Å². The molecule has 0 atom stereocenters. The van der Waals surface area contributed by atoms with Crippen LogP contribution >= 0.6 is 0 Å². The number of methoxy groups -OCH3 is 1. The van der Waals surface area contributed by atoms with Gasteiger partial charge >= 0.3 is 5.97 Å². The zero-order valence-electron chi connectivity index (χ0n) is 14.4. The van der Waals surface area contributed by atoms with Gasteiger partial charge in [-0.2, -0.15) is 0 Å². The van der Waals surface area contributed by atoms with Crippen LogP contribution in [-0.4, -0.2) is 24.0 Å². The Morgan fingerprint density at radius 2 is 1.96 bits per heavy atom. The third kappa shape index (κ3) is 4.94. The largest absolute Gasteiger partial charge is 0.465 e. The van der Waals surface area contributed by atoms with E-state index in [1.54, 1.807) is 6.07 Å². The van der Waals surface area contributed by atoms with Crippen LogP contribution in [-0.2, 0) is 11.3 Å². The minimum atomic E-state index is -0.738. The summed E-state index contributed by atoms with van der Waals surface area (Å²) in [6, 6.07) is 12.6. The quantitative estimate of drug-likeness (QED) is 0.451. The van der Waals surface area contributed by atoms with Gasteiger partial charge in [-0.3, -0.25) is 10.1 Å². The number of nitrogens with one attached hydrogen (secondary N) is 2. The molecule has 0 bridgehead atoms. The summed E-state index contributed by atoms with van der Waals surface area (Å²) in [5.74, 6) is -0.738. The predicted molar refractivity (Wildman–Crippen MR) is 97.0 cm³/mol. The van der Waals surface area contributed by atoms with Crippen molar-refractivity contribution in [3.05, 3.63) is 63.7 Å². The maximum Gasteiger partial charge on any atom is 0.344 e. The van der Waals surface area contributed by atoms with Crippen LogP contribution in [0.25, 0.3) is 0 Å². The van der Waals surface area contributed by atoms with Gasteiger partial charge in [-0.25, -0.2) is 4.79 Å². The molecule has 0 unspecified atom stereocenters. The van der Waals surface area contributed by atoms with Crippen molar-refractivity contribution in [2.45, 2.75) is 26.4 Å². The predicted octanol–water partition coefficient (Wildman–Crippen LogP) is 3.81. The van der Waals surface area contributed by atoms with Gasteiger partial charge in [0.05, 0.1) is 12.0 Å². The van der Waals surface area contributed by atoms with Crippen molar-refractivity contribution in [1.29, 1.82) is 0 Å². The van der Waals surface area contributed by atoms with E-state index in [0.29, 0.717) is 18.3 Å². The van der Waals surface area contributed by atoms with Crippen molar-refractivity contribution < 1.29 is 14.5 Å². The van der Waals surface area contributed by atoms with Crippen LogP contribution in [0.15, 0.2) is 42.5 Å². The molecule has 0 radical (unpaired) electrons. The van der Waals surface area contributed by atoms with Crippen molar-refractivity contribution in [2.75, 3.05) is 17.7 Å². The van der Waals surface area contributed by atoms with Crippen molar-refractivity contribution in [2.24, 2.45) is 0 Å². The molecular formula is C18H21N3O4. The Balaban J connectivity index is 2.15. The molecule has 0 aliphatic carbocycles. The molecule has 7 nitrogen and oxygen atoms in total. The van der Waals surface area contributed by atoms with Crippen molar-refractivity contribution in [3.63, 3.8) is 0 Å². The number of anilines is 2. The molecule has 7 heteroatoms. The lowest BCUT2D eigenvalue weighted by Crippen LogP contribution is -2.10. The molecule has 0 aliphatic heterocycles. The summed E-state index contributed by atoms with van der Waals surface area (Å²) in [7, 11) is 1.19. The molecule has 0 saturated carbocycles. The normalized spacial score (nSPS) is 10.4. The van der Waals surface area contributed by atoms with Crippen molar-refractivity contribution in [3.8, 4) is 0 Å². The minimum absolute atomic E-state index is 0.0762. The second-order valence-corrected chi connectivity index (χ2v) is 5.83.